The molecule has 0 aliphatic heterocycles. The van der Waals surface area contributed by atoms with Gasteiger partial charge in [0.15, 0.2) is 0 Å². The molecule has 1 aromatic heterocycles. The van der Waals surface area contributed by atoms with Crippen molar-refractivity contribution >= 4 is 28.8 Å². The predicted molar refractivity (Wildman–Crippen MR) is 96.5 cm³/mol. The van der Waals surface area contributed by atoms with Crippen molar-refractivity contribution < 1.29 is 4.79 Å². The zero-order valence-electron chi connectivity index (χ0n) is 13.4. The lowest BCUT2D eigenvalue weighted by molar-refractivity contribution is -0.138. The van der Waals surface area contributed by atoms with Crippen LogP contribution in [0, 0.1) is 17.8 Å². The third-order valence-corrected chi connectivity index (χ3v) is 6.61. The van der Waals surface area contributed by atoms with Gasteiger partial charge in [-0.15, -0.1) is 17.9 Å². The summed E-state index contributed by atoms with van der Waals surface area (Å²) < 4.78 is 0.768. The van der Waals surface area contributed by atoms with Crippen molar-refractivity contribution in [1.82, 2.24) is 4.90 Å². The summed E-state index contributed by atoms with van der Waals surface area (Å²) in [6.45, 7) is 5.02. The molecule has 0 radical (unpaired) electrons. The standard InChI is InChI=1S/C18H25ClN2OS/c1-2-8-21(11-15-6-7-16(19)23-15)18(22)14-9-12-4-3-5-13(10-14)17(12)20/h2,6-7,12-14,17H,1,3-5,8-11,20H2. The van der Waals surface area contributed by atoms with Crippen molar-refractivity contribution in [1.29, 1.82) is 0 Å². The van der Waals surface area contributed by atoms with Crippen LogP contribution in [0.1, 0.15) is 37.0 Å². The van der Waals surface area contributed by atoms with Gasteiger partial charge in [0.2, 0.25) is 5.91 Å². The highest BCUT2D eigenvalue weighted by molar-refractivity contribution is 7.16. The summed E-state index contributed by atoms with van der Waals surface area (Å²) in [4.78, 5) is 16.1. The normalized spacial score (nSPS) is 30.0. The molecule has 23 heavy (non-hydrogen) atoms. The van der Waals surface area contributed by atoms with E-state index in [0.29, 0.717) is 31.0 Å². The van der Waals surface area contributed by atoms with Crippen molar-refractivity contribution in [3.8, 4) is 0 Å². The summed E-state index contributed by atoms with van der Waals surface area (Å²) in [5.74, 6) is 1.44. The third-order valence-electron chi connectivity index (χ3n) is 5.40. The average molecular weight is 353 g/mol. The first-order chi connectivity index (χ1) is 11.1. The van der Waals surface area contributed by atoms with Gasteiger partial charge in [-0.1, -0.05) is 24.1 Å². The Hall–Kier alpha value is -0.840. The minimum absolute atomic E-state index is 0.125. The summed E-state index contributed by atoms with van der Waals surface area (Å²) >= 11 is 7.55. The molecule has 2 fully saturated rings. The Morgan fingerprint density at radius 2 is 2.09 bits per heavy atom. The van der Waals surface area contributed by atoms with Crippen molar-refractivity contribution in [3.63, 3.8) is 0 Å². The zero-order chi connectivity index (χ0) is 16.4. The average Bonchev–Trinajstić information content (AvgIpc) is 2.91. The van der Waals surface area contributed by atoms with E-state index >= 15 is 0 Å². The number of hydrogen-bond donors (Lipinski definition) is 1. The molecule has 1 amide bonds. The van der Waals surface area contributed by atoms with Crippen molar-refractivity contribution in [3.05, 3.63) is 34.0 Å². The first-order valence-electron chi connectivity index (χ1n) is 8.48. The second kappa shape index (κ2) is 7.37. The van der Waals surface area contributed by atoms with E-state index in [1.807, 2.05) is 23.1 Å². The molecule has 1 heterocycles. The first-order valence-corrected chi connectivity index (χ1v) is 9.67. The van der Waals surface area contributed by atoms with Crippen LogP contribution in [0.25, 0.3) is 0 Å². The van der Waals surface area contributed by atoms with Crippen LogP contribution in [0.5, 0.6) is 0 Å². The van der Waals surface area contributed by atoms with Crippen LogP contribution in [0.15, 0.2) is 24.8 Å². The van der Waals surface area contributed by atoms with Crippen LogP contribution in [-0.4, -0.2) is 23.4 Å². The van der Waals surface area contributed by atoms with Gasteiger partial charge in [-0.25, -0.2) is 0 Å². The second-order valence-corrected chi connectivity index (χ2v) is 8.71. The number of thiophene rings is 1. The molecule has 2 aliphatic rings. The van der Waals surface area contributed by atoms with Gasteiger partial charge < -0.3 is 10.6 Å². The van der Waals surface area contributed by atoms with Crippen LogP contribution in [-0.2, 0) is 11.3 Å². The SMILES string of the molecule is C=CCN(Cc1ccc(Cl)s1)C(=O)C1CC2CCCC(C1)C2N. The summed E-state index contributed by atoms with van der Waals surface area (Å²) in [5, 5.41) is 0. The number of fused-ring (bicyclic) bond motifs is 2. The number of amides is 1. The van der Waals surface area contributed by atoms with E-state index in [1.54, 1.807) is 11.3 Å². The van der Waals surface area contributed by atoms with E-state index in [2.05, 4.69) is 6.58 Å². The predicted octanol–water partition coefficient (Wildman–Crippen LogP) is 4.07. The fraction of sp³-hybridized carbons (Fsp3) is 0.611. The molecule has 0 saturated heterocycles. The molecule has 1 aromatic rings. The van der Waals surface area contributed by atoms with E-state index < -0.39 is 0 Å². The number of carbonyl (C=O) groups is 1. The molecule has 3 nitrogen and oxygen atoms in total. The van der Waals surface area contributed by atoms with Crippen molar-refractivity contribution in [2.45, 2.75) is 44.7 Å². The number of halogens is 1. The maximum atomic E-state index is 13.0. The van der Waals surface area contributed by atoms with E-state index in [0.717, 1.165) is 22.1 Å². The van der Waals surface area contributed by atoms with Gasteiger partial charge in [0, 0.05) is 23.4 Å². The third kappa shape index (κ3) is 3.81. The molecule has 0 spiro atoms. The Labute approximate surface area is 147 Å². The lowest BCUT2D eigenvalue weighted by atomic mass is 9.65. The van der Waals surface area contributed by atoms with Crippen LogP contribution in [0.4, 0.5) is 0 Å². The second-order valence-electron chi connectivity index (χ2n) is 6.91. The van der Waals surface area contributed by atoms with Gasteiger partial charge in [-0.2, -0.15) is 0 Å². The molecule has 3 rings (SSSR count). The van der Waals surface area contributed by atoms with E-state index in [4.69, 9.17) is 17.3 Å². The number of carbonyl (C=O) groups excluding carboxylic acids is 1. The molecule has 2 aliphatic carbocycles. The number of nitrogens with two attached hydrogens (primary N) is 1. The van der Waals surface area contributed by atoms with Crippen LogP contribution < -0.4 is 5.73 Å². The lowest BCUT2D eigenvalue weighted by Crippen LogP contribution is -2.49. The highest BCUT2D eigenvalue weighted by Crippen LogP contribution is 2.42. The van der Waals surface area contributed by atoms with E-state index in [1.165, 1.54) is 19.3 Å². The topological polar surface area (TPSA) is 46.3 Å². The van der Waals surface area contributed by atoms with Crippen molar-refractivity contribution in [2.75, 3.05) is 6.54 Å². The molecule has 2 N–H and O–H groups in total. The van der Waals surface area contributed by atoms with Crippen LogP contribution in [0.3, 0.4) is 0 Å². The minimum atomic E-state index is 0.125. The molecule has 0 aromatic carbocycles. The van der Waals surface area contributed by atoms with Gasteiger partial charge in [-0.3, -0.25) is 4.79 Å². The lowest BCUT2D eigenvalue weighted by Gasteiger charge is -2.44. The van der Waals surface area contributed by atoms with Crippen LogP contribution >= 0.6 is 22.9 Å². The van der Waals surface area contributed by atoms with Gasteiger partial charge in [0.1, 0.15) is 0 Å². The summed E-state index contributed by atoms with van der Waals surface area (Å²) in [6, 6.07) is 4.20. The monoisotopic (exact) mass is 352 g/mol. The summed E-state index contributed by atoms with van der Waals surface area (Å²) in [7, 11) is 0. The summed E-state index contributed by atoms with van der Waals surface area (Å²) in [6.07, 6.45) is 7.36. The van der Waals surface area contributed by atoms with Gasteiger partial charge >= 0.3 is 0 Å². The molecular weight excluding hydrogens is 328 g/mol. The quantitative estimate of drug-likeness (QED) is 0.812. The Kier molecular flexibility index (Phi) is 5.45. The highest BCUT2D eigenvalue weighted by atomic mass is 35.5. The Balaban J connectivity index is 1.69. The molecule has 2 unspecified atom stereocenters. The number of nitrogens with zero attached hydrogens (tertiary/aromatic N) is 1. The highest BCUT2D eigenvalue weighted by Gasteiger charge is 2.41. The maximum absolute atomic E-state index is 13.0. The Morgan fingerprint density at radius 3 is 2.65 bits per heavy atom. The minimum Gasteiger partial charge on any atom is -0.334 e. The van der Waals surface area contributed by atoms with Gasteiger partial charge in [0.25, 0.3) is 0 Å². The Bertz CT molecular complexity index is 559. The fourth-order valence-corrected chi connectivity index (χ4v) is 5.37. The van der Waals surface area contributed by atoms with Crippen LogP contribution in [0.2, 0.25) is 4.34 Å². The van der Waals surface area contributed by atoms with Gasteiger partial charge in [-0.05, 0) is 49.7 Å². The van der Waals surface area contributed by atoms with E-state index in [-0.39, 0.29) is 11.8 Å². The number of hydrogen-bond acceptors (Lipinski definition) is 3. The number of rotatable bonds is 5. The zero-order valence-corrected chi connectivity index (χ0v) is 15.0. The largest absolute Gasteiger partial charge is 0.334 e. The molecule has 2 atom stereocenters. The molecule has 126 valence electrons. The van der Waals surface area contributed by atoms with E-state index in [9.17, 15) is 4.79 Å². The van der Waals surface area contributed by atoms with Crippen molar-refractivity contribution in [2.24, 2.45) is 23.5 Å². The Morgan fingerprint density at radius 1 is 1.39 bits per heavy atom. The molecule has 2 saturated carbocycles. The van der Waals surface area contributed by atoms with Gasteiger partial charge in [0.05, 0.1) is 10.9 Å². The molecule has 5 heteroatoms. The maximum Gasteiger partial charge on any atom is 0.226 e. The first kappa shape index (κ1) is 17.0. The molecular formula is C18H25ClN2OS. The fourth-order valence-electron chi connectivity index (χ4n) is 4.26. The molecule has 2 bridgehead atoms. The summed E-state index contributed by atoms with van der Waals surface area (Å²) in [5.41, 5.74) is 6.35. The smallest absolute Gasteiger partial charge is 0.226 e.